The molecule has 0 N–H and O–H groups in total. The van der Waals surface area contributed by atoms with Crippen LogP contribution in [0.1, 0.15) is 33.7 Å². The van der Waals surface area contributed by atoms with E-state index in [2.05, 4.69) is 5.16 Å². The van der Waals surface area contributed by atoms with Crippen molar-refractivity contribution in [1.82, 2.24) is 10.1 Å². The van der Waals surface area contributed by atoms with Crippen LogP contribution in [0.25, 0.3) is 0 Å². The summed E-state index contributed by atoms with van der Waals surface area (Å²) in [6.45, 7) is 4.25. The Balaban J connectivity index is 1.52. The van der Waals surface area contributed by atoms with Gasteiger partial charge in [0.05, 0.1) is 23.2 Å². The van der Waals surface area contributed by atoms with Crippen LogP contribution >= 0.6 is 0 Å². The number of aromatic nitrogens is 1. The van der Waals surface area contributed by atoms with Crippen molar-refractivity contribution in [3.63, 3.8) is 0 Å². The maximum absolute atomic E-state index is 12.7. The number of amides is 1. The lowest BCUT2D eigenvalue weighted by molar-refractivity contribution is -0.137. The molecule has 164 valence electrons. The van der Waals surface area contributed by atoms with Crippen LogP contribution in [0.2, 0.25) is 0 Å². The van der Waals surface area contributed by atoms with Gasteiger partial charge in [-0.15, -0.1) is 0 Å². The highest BCUT2D eigenvalue weighted by Crippen LogP contribution is 2.29. The van der Waals surface area contributed by atoms with Gasteiger partial charge in [0, 0.05) is 13.6 Å². The molecule has 1 amide bonds. The van der Waals surface area contributed by atoms with Crippen LogP contribution in [0.3, 0.4) is 0 Å². The standard InChI is InChI=1S/C23H23F3N2O3/c1-15-21(16(2)31-27-15)14-30-20-10-6-17(7-11-20)12-22(29)28(3)13-18-4-8-19(9-5-18)23(24,25)26/h4-11H,12-14H2,1-3H3. The van der Waals surface area contributed by atoms with Gasteiger partial charge in [-0.05, 0) is 49.2 Å². The highest BCUT2D eigenvalue weighted by atomic mass is 19.4. The molecule has 0 aliphatic carbocycles. The Bertz CT molecular complexity index is 1010. The Morgan fingerprint density at radius 1 is 1.03 bits per heavy atom. The van der Waals surface area contributed by atoms with E-state index in [1.807, 2.05) is 26.0 Å². The van der Waals surface area contributed by atoms with Gasteiger partial charge in [0.1, 0.15) is 18.1 Å². The summed E-state index contributed by atoms with van der Waals surface area (Å²) >= 11 is 0. The largest absolute Gasteiger partial charge is 0.489 e. The second-order valence-corrected chi connectivity index (χ2v) is 7.36. The van der Waals surface area contributed by atoms with Crippen LogP contribution in [0.5, 0.6) is 5.75 Å². The third-order valence-electron chi connectivity index (χ3n) is 4.97. The molecule has 3 aromatic rings. The fraction of sp³-hybridized carbons (Fsp3) is 0.304. The van der Waals surface area contributed by atoms with Crippen molar-refractivity contribution in [2.45, 2.75) is 39.6 Å². The molecule has 8 heteroatoms. The second kappa shape index (κ2) is 9.24. The summed E-state index contributed by atoms with van der Waals surface area (Å²) in [6, 6.07) is 12.0. The zero-order valence-corrected chi connectivity index (χ0v) is 17.5. The summed E-state index contributed by atoms with van der Waals surface area (Å²) in [5.41, 5.74) is 2.43. The Labute approximate surface area is 178 Å². The van der Waals surface area contributed by atoms with E-state index in [1.54, 1.807) is 19.2 Å². The minimum Gasteiger partial charge on any atom is -0.489 e. The lowest BCUT2D eigenvalue weighted by Crippen LogP contribution is -2.27. The average Bonchev–Trinajstić information content (AvgIpc) is 3.04. The first kappa shape index (κ1) is 22.4. The molecule has 0 radical (unpaired) electrons. The van der Waals surface area contributed by atoms with Gasteiger partial charge in [0.15, 0.2) is 0 Å². The van der Waals surface area contributed by atoms with E-state index in [-0.39, 0.29) is 18.9 Å². The number of halogens is 3. The van der Waals surface area contributed by atoms with E-state index in [0.717, 1.165) is 34.7 Å². The Morgan fingerprint density at radius 2 is 1.65 bits per heavy atom. The van der Waals surface area contributed by atoms with Gasteiger partial charge in [0.2, 0.25) is 5.91 Å². The molecule has 0 spiro atoms. The first-order valence-corrected chi connectivity index (χ1v) is 9.67. The molecule has 1 aromatic heterocycles. The van der Waals surface area contributed by atoms with Crippen molar-refractivity contribution < 1.29 is 27.2 Å². The Morgan fingerprint density at radius 3 is 2.19 bits per heavy atom. The number of hydrogen-bond acceptors (Lipinski definition) is 4. The predicted molar refractivity (Wildman–Crippen MR) is 108 cm³/mol. The van der Waals surface area contributed by atoms with Crippen molar-refractivity contribution in [1.29, 1.82) is 0 Å². The SMILES string of the molecule is Cc1noc(C)c1COc1ccc(CC(=O)N(C)Cc2ccc(C(F)(F)F)cc2)cc1. The Kier molecular flexibility index (Phi) is 6.68. The van der Waals surface area contributed by atoms with Crippen LogP contribution in [0, 0.1) is 13.8 Å². The number of hydrogen-bond donors (Lipinski definition) is 0. The van der Waals surface area contributed by atoms with Crippen LogP contribution in [-0.4, -0.2) is 23.0 Å². The number of likely N-dealkylation sites (N-methyl/N-ethyl adjacent to an activating group) is 1. The van der Waals surface area contributed by atoms with E-state index in [1.165, 1.54) is 17.0 Å². The maximum Gasteiger partial charge on any atom is 0.416 e. The van der Waals surface area contributed by atoms with Gasteiger partial charge < -0.3 is 14.2 Å². The topological polar surface area (TPSA) is 55.6 Å². The molecule has 5 nitrogen and oxygen atoms in total. The van der Waals surface area contributed by atoms with E-state index >= 15 is 0 Å². The molecule has 1 heterocycles. The maximum atomic E-state index is 12.7. The zero-order chi connectivity index (χ0) is 22.6. The van der Waals surface area contributed by atoms with E-state index in [0.29, 0.717) is 17.9 Å². The molecule has 31 heavy (non-hydrogen) atoms. The number of alkyl halides is 3. The molecular formula is C23H23F3N2O3. The van der Waals surface area contributed by atoms with Crippen molar-refractivity contribution in [3.05, 3.63) is 82.2 Å². The van der Waals surface area contributed by atoms with Crippen LogP contribution in [-0.2, 0) is 30.5 Å². The summed E-state index contributed by atoms with van der Waals surface area (Å²) in [6.07, 6.45) is -4.19. The molecule has 2 aromatic carbocycles. The smallest absolute Gasteiger partial charge is 0.416 e. The zero-order valence-electron chi connectivity index (χ0n) is 17.5. The molecule has 0 fully saturated rings. The molecular weight excluding hydrogens is 409 g/mol. The van der Waals surface area contributed by atoms with Gasteiger partial charge in [-0.3, -0.25) is 4.79 Å². The van der Waals surface area contributed by atoms with E-state index < -0.39 is 11.7 Å². The van der Waals surface area contributed by atoms with E-state index in [9.17, 15) is 18.0 Å². The van der Waals surface area contributed by atoms with Gasteiger partial charge in [-0.1, -0.05) is 29.4 Å². The van der Waals surface area contributed by atoms with Crippen LogP contribution in [0.4, 0.5) is 13.2 Å². The summed E-state index contributed by atoms with van der Waals surface area (Å²) in [4.78, 5) is 14.0. The quantitative estimate of drug-likeness (QED) is 0.522. The summed E-state index contributed by atoms with van der Waals surface area (Å²) in [5.74, 6) is 1.24. The van der Waals surface area contributed by atoms with Gasteiger partial charge in [-0.2, -0.15) is 13.2 Å². The minimum atomic E-state index is -4.37. The van der Waals surface area contributed by atoms with Crippen molar-refractivity contribution >= 4 is 5.91 Å². The predicted octanol–water partition coefficient (Wildman–Crippen LogP) is 5.09. The molecule has 3 rings (SSSR count). The van der Waals surface area contributed by atoms with Crippen molar-refractivity contribution in [2.24, 2.45) is 0 Å². The third-order valence-corrected chi connectivity index (χ3v) is 4.97. The van der Waals surface area contributed by atoms with Crippen LogP contribution in [0.15, 0.2) is 53.1 Å². The van der Waals surface area contributed by atoms with Gasteiger partial charge in [0.25, 0.3) is 0 Å². The second-order valence-electron chi connectivity index (χ2n) is 7.36. The molecule has 0 unspecified atom stereocenters. The normalized spacial score (nSPS) is 11.4. The number of carbonyl (C=O) groups excluding carboxylic acids is 1. The molecule has 0 saturated heterocycles. The number of rotatable bonds is 7. The fourth-order valence-electron chi connectivity index (χ4n) is 3.04. The number of carbonyl (C=O) groups is 1. The number of ether oxygens (including phenoxy) is 1. The van der Waals surface area contributed by atoms with E-state index in [4.69, 9.17) is 9.26 Å². The number of nitrogens with zero attached hydrogens (tertiary/aromatic N) is 2. The number of benzene rings is 2. The number of aryl methyl sites for hydroxylation is 2. The minimum absolute atomic E-state index is 0.135. The summed E-state index contributed by atoms with van der Waals surface area (Å²) < 4.78 is 48.8. The lowest BCUT2D eigenvalue weighted by atomic mass is 10.1. The highest BCUT2D eigenvalue weighted by molar-refractivity contribution is 5.78. The fourth-order valence-corrected chi connectivity index (χ4v) is 3.04. The molecule has 0 aliphatic rings. The first-order chi connectivity index (χ1) is 14.6. The molecule has 0 atom stereocenters. The van der Waals surface area contributed by atoms with Gasteiger partial charge in [-0.25, -0.2) is 0 Å². The highest BCUT2D eigenvalue weighted by Gasteiger charge is 2.30. The van der Waals surface area contributed by atoms with Crippen LogP contribution < -0.4 is 4.74 Å². The third kappa shape index (κ3) is 5.87. The average molecular weight is 432 g/mol. The van der Waals surface area contributed by atoms with Gasteiger partial charge >= 0.3 is 6.18 Å². The lowest BCUT2D eigenvalue weighted by Gasteiger charge is -2.18. The van der Waals surface area contributed by atoms with Crippen molar-refractivity contribution in [2.75, 3.05) is 7.05 Å². The first-order valence-electron chi connectivity index (χ1n) is 9.67. The Hall–Kier alpha value is -3.29. The van der Waals surface area contributed by atoms with Crippen molar-refractivity contribution in [3.8, 4) is 5.75 Å². The monoisotopic (exact) mass is 432 g/mol. The summed E-state index contributed by atoms with van der Waals surface area (Å²) in [7, 11) is 1.63. The molecule has 0 saturated carbocycles. The molecule has 0 aliphatic heterocycles. The molecule has 0 bridgehead atoms. The summed E-state index contributed by atoms with van der Waals surface area (Å²) in [5, 5.41) is 3.89.